The molecule has 2 rings (SSSR count). The van der Waals surface area contributed by atoms with Gasteiger partial charge >= 0.3 is 11.9 Å². The summed E-state index contributed by atoms with van der Waals surface area (Å²) in [7, 11) is 0. The van der Waals surface area contributed by atoms with E-state index in [0.29, 0.717) is 12.2 Å². The zero-order valence-electron chi connectivity index (χ0n) is 19.2. The minimum Gasteiger partial charge on any atom is -0.489 e. The van der Waals surface area contributed by atoms with Crippen molar-refractivity contribution in [1.29, 1.82) is 0 Å². The molecule has 0 atom stereocenters. The number of rotatable bonds is 13. The summed E-state index contributed by atoms with van der Waals surface area (Å²) >= 11 is 0. The molecule has 0 radical (unpaired) electrons. The van der Waals surface area contributed by atoms with Crippen molar-refractivity contribution < 1.29 is 39.1 Å². The first kappa shape index (κ1) is 28.7. The van der Waals surface area contributed by atoms with Gasteiger partial charge in [0.05, 0.1) is 4.92 Å². The maximum absolute atomic E-state index is 11.3. The quantitative estimate of drug-likeness (QED) is 0.184. The van der Waals surface area contributed by atoms with Gasteiger partial charge in [0, 0.05) is 24.5 Å². The molecule has 0 spiro atoms. The third-order valence-electron chi connectivity index (χ3n) is 4.48. The van der Waals surface area contributed by atoms with Crippen LogP contribution in [0.1, 0.15) is 43.7 Å². The van der Waals surface area contributed by atoms with Gasteiger partial charge in [-0.2, -0.15) is 0 Å². The van der Waals surface area contributed by atoms with Crippen molar-refractivity contribution >= 4 is 29.2 Å². The summed E-state index contributed by atoms with van der Waals surface area (Å²) in [5.41, 5.74) is 0.605. The molecular formula is C25H27NO9. The zero-order valence-corrected chi connectivity index (χ0v) is 19.2. The predicted molar refractivity (Wildman–Crippen MR) is 126 cm³/mol. The highest BCUT2D eigenvalue weighted by Gasteiger charge is 2.21. The summed E-state index contributed by atoms with van der Waals surface area (Å²) < 4.78 is 5.53. The molecule has 2 N–H and O–H groups in total. The number of ether oxygens (including phenoxy) is 1. The Morgan fingerprint density at radius 3 is 2.14 bits per heavy atom. The van der Waals surface area contributed by atoms with E-state index in [2.05, 4.69) is 6.92 Å². The molecule has 10 nitrogen and oxygen atoms in total. The van der Waals surface area contributed by atoms with Gasteiger partial charge in [0.25, 0.3) is 5.69 Å². The number of carbonyl (C=O) groups excluding carboxylic acids is 2. The molecule has 0 aliphatic rings. The number of hydrogen-bond acceptors (Lipinski definition) is 7. The summed E-state index contributed by atoms with van der Waals surface area (Å²) in [5.74, 6) is -4.47. The zero-order chi connectivity index (χ0) is 26.2. The molecule has 2 aromatic carbocycles. The van der Waals surface area contributed by atoms with Crippen LogP contribution in [-0.4, -0.2) is 38.6 Å². The Bertz CT molecular complexity index is 1060. The fourth-order valence-electron chi connectivity index (χ4n) is 2.68. The fraction of sp³-hybridized carbons (Fsp3) is 0.280. The smallest absolute Gasteiger partial charge is 0.372 e. The number of unbranched alkanes of at least 4 members (excludes halogenated alkanes) is 1. The van der Waals surface area contributed by atoms with Crippen molar-refractivity contribution in [2.24, 2.45) is 0 Å². The summed E-state index contributed by atoms with van der Waals surface area (Å²) in [4.78, 5) is 52.8. The summed E-state index contributed by atoms with van der Waals surface area (Å²) in [6.07, 6.45) is 5.96. The van der Waals surface area contributed by atoms with Gasteiger partial charge < -0.3 is 14.9 Å². The van der Waals surface area contributed by atoms with Gasteiger partial charge in [-0.15, -0.1) is 0 Å². The van der Waals surface area contributed by atoms with Crippen LogP contribution in [0, 0.1) is 10.1 Å². The molecule has 0 unspecified atom stereocenters. The lowest BCUT2D eigenvalue weighted by atomic mass is 10.1. The topological polar surface area (TPSA) is 161 Å². The number of carboxylic acid groups (broad SMARTS) is 2. The van der Waals surface area contributed by atoms with Crippen LogP contribution in [0.15, 0.2) is 60.7 Å². The second-order valence-corrected chi connectivity index (χ2v) is 7.25. The molecule has 0 aliphatic carbocycles. The number of aliphatic carboxylic acids is 2. The molecule has 0 aromatic heterocycles. The second-order valence-electron chi connectivity index (χ2n) is 7.25. The third-order valence-corrected chi connectivity index (χ3v) is 4.48. The van der Waals surface area contributed by atoms with E-state index < -0.39 is 34.8 Å². The Morgan fingerprint density at radius 2 is 1.57 bits per heavy atom. The van der Waals surface area contributed by atoms with Crippen LogP contribution in [0.2, 0.25) is 0 Å². The normalized spacial score (nSPS) is 10.2. The Morgan fingerprint density at radius 1 is 0.943 bits per heavy atom. The van der Waals surface area contributed by atoms with Crippen LogP contribution in [0.5, 0.6) is 5.75 Å². The van der Waals surface area contributed by atoms with Crippen molar-refractivity contribution in [3.8, 4) is 5.75 Å². The molecule has 186 valence electrons. The van der Waals surface area contributed by atoms with Crippen molar-refractivity contribution in [3.05, 3.63) is 81.9 Å². The van der Waals surface area contributed by atoms with Crippen molar-refractivity contribution in [1.82, 2.24) is 0 Å². The Hall–Kier alpha value is -4.34. The molecule has 0 heterocycles. The molecule has 35 heavy (non-hydrogen) atoms. The Balaban J connectivity index is 0.000000434. The van der Waals surface area contributed by atoms with Crippen LogP contribution < -0.4 is 4.74 Å². The number of nitro benzene ring substituents is 1. The SMILES string of the molecule is CCCC=CCCC(=O)C(=O)O.O=C(O)C(=O)Cc1cc(OCc2ccccc2)ccc1[N+](=O)[O-]. The molecule has 2 aromatic rings. The lowest BCUT2D eigenvalue weighted by Crippen LogP contribution is -2.16. The van der Waals surface area contributed by atoms with E-state index in [1.807, 2.05) is 42.5 Å². The number of benzene rings is 2. The van der Waals surface area contributed by atoms with Crippen LogP contribution in [0.3, 0.4) is 0 Å². The molecule has 10 heteroatoms. The van der Waals surface area contributed by atoms with Gasteiger partial charge in [-0.05, 0) is 30.5 Å². The number of nitrogens with zero attached hydrogens (tertiary/aromatic N) is 1. The standard InChI is InChI=1S/C16H13NO6.C9H14O3/c18-15(16(19)20)9-12-8-13(6-7-14(12)17(21)22)23-10-11-4-2-1-3-5-11;1-2-3-4-5-6-7-8(10)9(11)12/h1-8H,9-10H2,(H,19,20);4-5H,2-3,6-7H2,1H3,(H,11,12). The van der Waals surface area contributed by atoms with E-state index in [9.17, 15) is 29.3 Å². The maximum atomic E-state index is 11.3. The number of allylic oxidation sites excluding steroid dienone is 2. The van der Waals surface area contributed by atoms with Crippen molar-refractivity contribution in [3.63, 3.8) is 0 Å². The van der Waals surface area contributed by atoms with Crippen LogP contribution in [0.4, 0.5) is 5.69 Å². The highest BCUT2D eigenvalue weighted by Crippen LogP contribution is 2.25. The molecule has 0 saturated heterocycles. The van der Waals surface area contributed by atoms with Gasteiger partial charge in [0.15, 0.2) is 0 Å². The average Bonchev–Trinajstić information content (AvgIpc) is 2.83. The number of carboxylic acids is 2. The van der Waals surface area contributed by atoms with Gasteiger partial charge in [-0.3, -0.25) is 19.7 Å². The van der Waals surface area contributed by atoms with E-state index in [4.69, 9.17) is 14.9 Å². The third kappa shape index (κ3) is 11.4. The lowest BCUT2D eigenvalue weighted by molar-refractivity contribution is -0.385. The average molecular weight is 485 g/mol. The number of Topliss-reactive ketones (excluding diaryl/α,β-unsaturated/α-hetero) is 2. The van der Waals surface area contributed by atoms with Crippen LogP contribution >= 0.6 is 0 Å². The Kier molecular flexibility index (Phi) is 12.7. The lowest BCUT2D eigenvalue weighted by Gasteiger charge is -2.08. The monoisotopic (exact) mass is 485 g/mol. The van der Waals surface area contributed by atoms with E-state index in [1.54, 1.807) is 0 Å². The van der Waals surface area contributed by atoms with E-state index in [1.165, 1.54) is 18.2 Å². The fourth-order valence-corrected chi connectivity index (χ4v) is 2.68. The molecule has 0 amide bonds. The van der Waals surface area contributed by atoms with Crippen LogP contribution in [0.25, 0.3) is 0 Å². The summed E-state index contributed by atoms with van der Waals surface area (Å²) in [5, 5.41) is 27.8. The highest BCUT2D eigenvalue weighted by molar-refractivity contribution is 6.33. The number of nitro groups is 1. The van der Waals surface area contributed by atoms with E-state index >= 15 is 0 Å². The van der Waals surface area contributed by atoms with Crippen molar-refractivity contribution in [2.45, 2.75) is 45.6 Å². The maximum Gasteiger partial charge on any atom is 0.372 e. The van der Waals surface area contributed by atoms with E-state index in [-0.39, 0.29) is 24.3 Å². The molecule has 0 fully saturated rings. The van der Waals surface area contributed by atoms with Gasteiger partial charge in [0.2, 0.25) is 11.6 Å². The minimum atomic E-state index is -1.63. The van der Waals surface area contributed by atoms with Gasteiger partial charge in [-0.25, -0.2) is 9.59 Å². The summed E-state index contributed by atoms with van der Waals surface area (Å²) in [6.45, 7) is 2.32. The molecular weight excluding hydrogens is 458 g/mol. The largest absolute Gasteiger partial charge is 0.489 e. The number of ketones is 2. The summed E-state index contributed by atoms with van der Waals surface area (Å²) in [6, 6.07) is 13.2. The van der Waals surface area contributed by atoms with Gasteiger partial charge in [0.1, 0.15) is 12.4 Å². The Labute approximate surface area is 202 Å². The molecule has 0 saturated carbocycles. The second kappa shape index (κ2) is 15.5. The van der Waals surface area contributed by atoms with Gasteiger partial charge in [-0.1, -0.05) is 55.8 Å². The van der Waals surface area contributed by atoms with E-state index in [0.717, 1.165) is 18.4 Å². The molecule has 0 bridgehead atoms. The number of carbonyl (C=O) groups is 4. The first-order valence-corrected chi connectivity index (χ1v) is 10.8. The van der Waals surface area contributed by atoms with Crippen LogP contribution in [-0.2, 0) is 32.2 Å². The number of hydrogen-bond donors (Lipinski definition) is 2. The van der Waals surface area contributed by atoms with Crippen molar-refractivity contribution in [2.75, 3.05) is 0 Å². The highest BCUT2D eigenvalue weighted by atomic mass is 16.6. The minimum absolute atomic E-state index is 0.00737. The predicted octanol–water partition coefficient (Wildman–Crippen LogP) is 4.15. The first-order chi connectivity index (χ1) is 16.6. The first-order valence-electron chi connectivity index (χ1n) is 10.8. The molecule has 0 aliphatic heterocycles.